The molecule has 3 aromatic carbocycles. The number of aromatic nitrogens is 2. The Kier molecular flexibility index (Phi) is 5.79. The zero-order valence-corrected chi connectivity index (χ0v) is 17.9. The molecule has 0 aliphatic carbocycles. The number of imidazole rings is 1. The summed E-state index contributed by atoms with van der Waals surface area (Å²) in [5.74, 6) is 2.20. The van der Waals surface area contributed by atoms with Gasteiger partial charge in [0, 0.05) is 6.54 Å². The Morgan fingerprint density at radius 3 is 2.41 bits per heavy atom. The minimum Gasteiger partial charge on any atom is -0.486 e. The molecule has 0 N–H and O–H groups in total. The number of fused-ring (bicyclic) bond motifs is 1. The minimum atomic E-state index is 0.386. The van der Waals surface area contributed by atoms with E-state index in [9.17, 15) is 0 Å². The molecule has 0 spiro atoms. The van der Waals surface area contributed by atoms with Crippen molar-refractivity contribution in [3.8, 4) is 5.75 Å². The van der Waals surface area contributed by atoms with Gasteiger partial charge in [-0.25, -0.2) is 4.98 Å². The van der Waals surface area contributed by atoms with Crippen LogP contribution in [-0.4, -0.2) is 9.55 Å². The summed E-state index contributed by atoms with van der Waals surface area (Å²) in [5.41, 5.74) is 4.36. The SMILES string of the molecule is CC(C)c1ccc(OCc2nc3ccccc3n2Cc2ccc(Cl)c(Cl)c2)cc1. The van der Waals surface area contributed by atoms with Crippen LogP contribution in [0.2, 0.25) is 10.0 Å². The molecule has 0 radical (unpaired) electrons. The monoisotopic (exact) mass is 424 g/mol. The van der Waals surface area contributed by atoms with E-state index < -0.39 is 0 Å². The lowest BCUT2D eigenvalue weighted by Gasteiger charge is -2.12. The van der Waals surface area contributed by atoms with E-state index in [0.717, 1.165) is 28.2 Å². The quantitative estimate of drug-likeness (QED) is 0.330. The number of halogens is 2. The molecule has 4 aromatic rings. The van der Waals surface area contributed by atoms with Crippen molar-refractivity contribution in [1.29, 1.82) is 0 Å². The zero-order chi connectivity index (χ0) is 20.4. The molecule has 0 amide bonds. The van der Waals surface area contributed by atoms with Gasteiger partial charge in [-0.05, 0) is 53.4 Å². The fraction of sp³-hybridized carbons (Fsp3) is 0.208. The van der Waals surface area contributed by atoms with Crippen LogP contribution in [0.1, 0.15) is 36.7 Å². The van der Waals surface area contributed by atoms with Crippen LogP contribution in [0.4, 0.5) is 0 Å². The van der Waals surface area contributed by atoms with E-state index in [2.05, 4.69) is 36.6 Å². The highest BCUT2D eigenvalue weighted by molar-refractivity contribution is 6.42. The normalized spacial score (nSPS) is 11.3. The van der Waals surface area contributed by atoms with E-state index in [-0.39, 0.29) is 0 Å². The van der Waals surface area contributed by atoms with E-state index in [1.165, 1.54) is 5.56 Å². The third-order valence-corrected chi connectivity index (χ3v) is 5.71. The Morgan fingerprint density at radius 1 is 0.931 bits per heavy atom. The predicted molar refractivity (Wildman–Crippen MR) is 120 cm³/mol. The van der Waals surface area contributed by atoms with Crippen molar-refractivity contribution in [2.24, 2.45) is 0 Å². The van der Waals surface area contributed by atoms with Gasteiger partial charge < -0.3 is 9.30 Å². The van der Waals surface area contributed by atoms with E-state index in [1.54, 1.807) is 0 Å². The second-order valence-corrected chi connectivity index (χ2v) is 8.18. The summed E-state index contributed by atoms with van der Waals surface area (Å²) in [4.78, 5) is 4.79. The maximum Gasteiger partial charge on any atom is 0.148 e. The molecule has 5 heteroatoms. The van der Waals surface area contributed by atoms with Gasteiger partial charge in [-0.2, -0.15) is 0 Å². The van der Waals surface area contributed by atoms with Crippen molar-refractivity contribution in [2.75, 3.05) is 0 Å². The first kappa shape index (κ1) is 19.8. The van der Waals surface area contributed by atoms with Gasteiger partial charge in [-0.1, -0.05) is 67.4 Å². The van der Waals surface area contributed by atoms with Crippen molar-refractivity contribution in [2.45, 2.75) is 32.9 Å². The Balaban J connectivity index is 1.61. The molecule has 4 rings (SSSR count). The van der Waals surface area contributed by atoms with Gasteiger partial charge in [0.05, 0.1) is 21.1 Å². The molecule has 0 saturated heterocycles. The number of benzene rings is 3. The molecule has 148 valence electrons. The van der Waals surface area contributed by atoms with E-state index in [4.69, 9.17) is 32.9 Å². The topological polar surface area (TPSA) is 27.1 Å². The van der Waals surface area contributed by atoms with Crippen LogP contribution in [-0.2, 0) is 13.2 Å². The Bertz CT molecular complexity index is 1130. The smallest absolute Gasteiger partial charge is 0.148 e. The first-order chi connectivity index (χ1) is 14.0. The number of hydrogen-bond acceptors (Lipinski definition) is 2. The molecule has 1 heterocycles. The van der Waals surface area contributed by atoms with Crippen LogP contribution < -0.4 is 4.74 Å². The first-order valence-electron chi connectivity index (χ1n) is 9.62. The summed E-state index contributed by atoms with van der Waals surface area (Å²) in [6.45, 7) is 5.39. The maximum atomic E-state index is 6.21. The van der Waals surface area contributed by atoms with Crippen LogP contribution in [0.25, 0.3) is 11.0 Å². The van der Waals surface area contributed by atoms with Gasteiger partial charge in [0.2, 0.25) is 0 Å². The second kappa shape index (κ2) is 8.48. The van der Waals surface area contributed by atoms with Crippen LogP contribution in [0.3, 0.4) is 0 Å². The number of para-hydroxylation sites is 2. The molecule has 0 aliphatic rings. The summed E-state index contributed by atoms with van der Waals surface area (Å²) in [6, 6.07) is 22.1. The molecule has 0 unspecified atom stereocenters. The molecular formula is C24H22Cl2N2O. The molecule has 1 aromatic heterocycles. The summed E-state index contributed by atoms with van der Waals surface area (Å²) in [7, 11) is 0. The lowest BCUT2D eigenvalue weighted by atomic mass is 10.0. The fourth-order valence-corrected chi connectivity index (χ4v) is 3.65. The van der Waals surface area contributed by atoms with Crippen LogP contribution in [0, 0.1) is 0 Å². The highest BCUT2D eigenvalue weighted by Gasteiger charge is 2.12. The third kappa shape index (κ3) is 4.42. The number of rotatable bonds is 6. The van der Waals surface area contributed by atoms with Crippen LogP contribution >= 0.6 is 23.2 Å². The largest absolute Gasteiger partial charge is 0.486 e. The van der Waals surface area contributed by atoms with Crippen molar-refractivity contribution >= 4 is 34.2 Å². The number of ether oxygens (including phenoxy) is 1. The van der Waals surface area contributed by atoms with Crippen LogP contribution in [0.5, 0.6) is 5.75 Å². The number of nitrogens with zero attached hydrogens (tertiary/aromatic N) is 2. The van der Waals surface area contributed by atoms with Crippen molar-refractivity contribution in [3.05, 3.63) is 93.7 Å². The molecule has 0 saturated carbocycles. The third-order valence-electron chi connectivity index (χ3n) is 4.97. The van der Waals surface area contributed by atoms with Gasteiger partial charge >= 0.3 is 0 Å². The average Bonchev–Trinajstić information content (AvgIpc) is 3.07. The lowest BCUT2D eigenvalue weighted by Crippen LogP contribution is -2.08. The second-order valence-electron chi connectivity index (χ2n) is 7.36. The first-order valence-corrected chi connectivity index (χ1v) is 10.4. The molecule has 0 fully saturated rings. The maximum absolute atomic E-state index is 6.21. The Morgan fingerprint density at radius 2 is 1.69 bits per heavy atom. The average molecular weight is 425 g/mol. The highest BCUT2D eigenvalue weighted by Crippen LogP contribution is 2.25. The van der Waals surface area contributed by atoms with Gasteiger partial charge in [-0.15, -0.1) is 0 Å². The van der Waals surface area contributed by atoms with E-state index in [0.29, 0.717) is 29.1 Å². The minimum absolute atomic E-state index is 0.386. The van der Waals surface area contributed by atoms with Crippen LogP contribution in [0.15, 0.2) is 66.7 Å². The fourth-order valence-electron chi connectivity index (χ4n) is 3.33. The standard InChI is InChI=1S/C24H22Cl2N2O/c1-16(2)18-8-10-19(11-9-18)29-15-24-27-22-5-3-4-6-23(22)28(24)14-17-7-12-20(25)21(26)13-17/h3-13,16H,14-15H2,1-2H3. The molecule has 0 aliphatic heterocycles. The van der Waals surface area contributed by atoms with E-state index >= 15 is 0 Å². The molecule has 3 nitrogen and oxygen atoms in total. The summed E-state index contributed by atoms with van der Waals surface area (Å²) in [6.07, 6.45) is 0. The Hall–Kier alpha value is -2.49. The molecule has 29 heavy (non-hydrogen) atoms. The van der Waals surface area contributed by atoms with E-state index in [1.807, 2.05) is 48.5 Å². The predicted octanol–water partition coefficient (Wildman–Crippen LogP) is 7.09. The van der Waals surface area contributed by atoms with Crippen molar-refractivity contribution in [3.63, 3.8) is 0 Å². The van der Waals surface area contributed by atoms with Gasteiger partial charge in [-0.3, -0.25) is 0 Å². The zero-order valence-electron chi connectivity index (χ0n) is 16.4. The summed E-state index contributed by atoms with van der Waals surface area (Å²) >= 11 is 12.3. The van der Waals surface area contributed by atoms with Crippen molar-refractivity contribution < 1.29 is 4.74 Å². The summed E-state index contributed by atoms with van der Waals surface area (Å²) in [5, 5.41) is 1.11. The van der Waals surface area contributed by atoms with Gasteiger partial charge in [0.1, 0.15) is 18.2 Å². The molecule has 0 bridgehead atoms. The highest BCUT2D eigenvalue weighted by atomic mass is 35.5. The van der Waals surface area contributed by atoms with Gasteiger partial charge in [0.15, 0.2) is 0 Å². The summed E-state index contributed by atoms with van der Waals surface area (Å²) < 4.78 is 8.21. The Labute approximate surface area is 180 Å². The number of hydrogen-bond donors (Lipinski definition) is 0. The molecule has 0 atom stereocenters. The van der Waals surface area contributed by atoms with Gasteiger partial charge in [0.25, 0.3) is 0 Å². The molecular weight excluding hydrogens is 403 g/mol. The van der Waals surface area contributed by atoms with Crippen molar-refractivity contribution in [1.82, 2.24) is 9.55 Å². The lowest BCUT2D eigenvalue weighted by molar-refractivity contribution is 0.291.